The highest BCUT2D eigenvalue weighted by Gasteiger charge is 2.24. The van der Waals surface area contributed by atoms with Crippen LogP contribution in [0.4, 0.5) is 0 Å². The van der Waals surface area contributed by atoms with Gasteiger partial charge < -0.3 is 4.90 Å². The molecule has 0 aliphatic rings. The van der Waals surface area contributed by atoms with Gasteiger partial charge in [0.1, 0.15) is 0 Å². The van der Waals surface area contributed by atoms with E-state index >= 15 is 0 Å². The minimum atomic E-state index is 0.0356. The summed E-state index contributed by atoms with van der Waals surface area (Å²) in [5.41, 5.74) is 2.51. The summed E-state index contributed by atoms with van der Waals surface area (Å²) in [4.78, 5) is 14.7. The van der Waals surface area contributed by atoms with Gasteiger partial charge in [0.2, 0.25) is 5.91 Å². The minimum Gasteiger partial charge on any atom is -0.336 e. The first-order valence-electron chi connectivity index (χ1n) is 8.08. The monoisotopic (exact) mass is 289 g/mol. The summed E-state index contributed by atoms with van der Waals surface area (Å²) in [5.74, 6) is 0.268. The fourth-order valence-electron chi connectivity index (χ4n) is 2.63. The fraction of sp³-hybridized carbons (Fsp3) is 0.632. The molecule has 0 bridgehead atoms. The molecule has 1 rings (SSSR count). The molecule has 1 amide bonds. The quantitative estimate of drug-likeness (QED) is 0.725. The summed E-state index contributed by atoms with van der Waals surface area (Å²) in [5, 5.41) is 0. The Bertz CT molecular complexity index is 459. The average Bonchev–Trinajstić information content (AvgIpc) is 2.34. The topological polar surface area (TPSA) is 20.3 Å². The summed E-state index contributed by atoms with van der Waals surface area (Å²) in [6.45, 7) is 13.5. The van der Waals surface area contributed by atoms with Gasteiger partial charge in [0.25, 0.3) is 0 Å². The van der Waals surface area contributed by atoms with Gasteiger partial charge in [0, 0.05) is 19.0 Å². The lowest BCUT2D eigenvalue weighted by molar-refractivity contribution is -0.136. The number of nitrogens with zero attached hydrogens (tertiary/aromatic N) is 1. The van der Waals surface area contributed by atoms with Crippen LogP contribution in [0.2, 0.25) is 0 Å². The molecule has 2 heteroatoms. The van der Waals surface area contributed by atoms with Crippen molar-refractivity contribution >= 4 is 5.91 Å². The van der Waals surface area contributed by atoms with Crippen molar-refractivity contribution in [3.8, 4) is 0 Å². The molecular formula is C19H31NO. The molecule has 0 heterocycles. The maximum atomic E-state index is 12.7. The number of hydrogen-bond acceptors (Lipinski definition) is 1. The molecule has 0 saturated heterocycles. The van der Waals surface area contributed by atoms with Gasteiger partial charge in [0.05, 0.1) is 0 Å². The Morgan fingerprint density at radius 3 is 2.48 bits per heavy atom. The molecule has 0 aromatic heterocycles. The Morgan fingerprint density at radius 1 is 1.29 bits per heavy atom. The molecule has 2 nitrogen and oxygen atoms in total. The van der Waals surface area contributed by atoms with E-state index in [0.717, 1.165) is 19.4 Å². The number of rotatable bonds is 6. The molecular weight excluding hydrogens is 258 g/mol. The zero-order valence-corrected chi connectivity index (χ0v) is 14.6. The number of carbonyl (C=O) groups excluding carboxylic acids is 1. The molecule has 1 atom stereocenters. The molecule has 0 spiro atoms. The highest BCUT2D eigenvalue weighted by molar-refractivity contribution is 5.77. The third-order valence-electron chi connectivity index (χ3n) is 3.68. The summed E-state index contributed by atoms with van der Waals surface area (Å²) >= 11 is 0. The Hall–Kier alpha value is -1.31. The molecule has 1 aromatic carbocycles. The standard InChI is InChI=1S/C19H31NO/c1-7-9-16(3)20(18(21)13-19(4,5)6)14-17-11-8-10-15(2)12-17/h8,10-12,16H,7,9,13-14H2,1-6H3. The van der Waals surface area contributed by atoms with Crippen molar-refractivity contribution in [2.45, 2.75) is 73.4 Å². The largest absolute Gasteiger partial charge is 0.336 e. The van der Waals surface area contributed by atoms with Crippen LogP contribution in [0.3, 0.4) is 0 Å². The maximum Gasteiger partial charge on any atom is 0.223 e. The van der Waals surface area contributed by atoms with Gasteiger partial charge in [-0.2, -0.15) is 0 Å². The third kappa shape index (κ3) is 6.33. The van der Waals surface area contributed by atoms with E-state index in [9.17, 15) is 4.79 Å². The fourth-order valence-corrected chi connectivity index (χ4v) is 2.63. The molecule has 1 unspecified atom stereocenters. The molecule has 0 radical (unpaired) electrons. The van der Waals surface area contributed by atoms with Crippen LogP contribution in [0.15, 0.2) is 24.3 Å². The van der Waals surface area contributed by atoms with Crippen molar-refractivity contribution in [3.63, 3.8) is 0 Å². The van der Waals surface area contributed by atoms with Crippen molar-refractivity contribution in [1.29, 1.82) is 0 Å². The minimum absolute atomic E-state index is 0.0356. The highest BCUT2D eigenvalue weighted by Crippen LogP contribution is 2.23. The van der Waals surface area contributed by atoms with Gasteiger partial charge in [-0.1, -0.05) is 63.9 Å². The lowest BCUT2D eigenvalue weighted by atomic mass is 9.91. The van der Waals surface area contributed by atoms with Crippen LogP contribution in [-0.4, -0.2) is 16.8 Å². The van der Waals surface area contributed by atoms with E-state index in [1.165, 1.54) is 11.1 Å². The second-order valence-electron chi connectivity index (χ2n) is 7.39. The van der Waals surface area contributed by atoms with E-state index in [1.54, 1.807) is 0 Å². The van der Waals surface area contributed by atoms with Crippen LogP contribution in [0.25, 0.3) is 0 Å². The van der Waals surface area contributed by atoms with E-state index in [0.29, 0.717) is 12.5 Å². The number of benzene rings is 1. The van der Waals surface area contributed by atoms with Crippen LogP contribution in [0, 0.1) is 12.3 Å². The van der Waals surface area contributed by atoms with Crippen LogP contribution in [0.1, 0.15) is 65.0 Å². The van der Waals surface area contributed by atoms with Gasteiger partial charge in [-0.15, -0.1) is 0 Å². The molecule has 0 saturated carbocycles. The van der Waals surface area contributed by atoms with Crippen LogP contribution < -0.4 is 0 Å². The number of aryl methyl sites for hydroxylation is 1. The normalized spacial score (nSPS) is 13.0. The van der Waals surface area contributed by atoms with Crippen molar-refractivity contribution in [2.24, 2.45) is 5.41 Å². The molecule has 118 valence electrons. The number of amides is 1. The Labute approximate surface area is 130 Å². The Kier molecular flexibility index (Phi) is 6.44. The summed E-state index contributed by atoms with van der Waals surface area (Å²) in [6.07, 6.45) is 2.77. The first kappa shape index (κ1) is 17.7. The average molecular weight is 289 g/mol. The predicted molar refractivity (Wildman–Crippen MR) is 90.2 cm³/mol. The van der Waals surface area contributed by atoms with E-state index in [1.807, 2.05) is 0 Å². The molecule has 0 fully saturated rings. The Balaban J connectivity index is 2.89. The SMILES string of the molecule is CCCC(C)N(Cc1cccc(C)c1)C(=O)CC(C)(C)C. The summed E-state index contributed by atoms with van der Waals surface area (Å²) in [6, 6.07) is 8.76. The van der Waals surface area contributed by atoms with Crippen molar-refractivity contribution in [3.05, 3.63) is 35.4 Å². The molecule has 1 aromatic rings. The van der Waals surface area contributed by atoms with Crippen molar-refractivity contribution in [1.82, 2.24) is 4.90 Å². The van der Waals surface area contributed by atoms with Gasteiger partial charge in [-0.3, -0.25) is 4.79 Å². The summed E-state index contributed by atoms with van der Waals surface area (Å²) in [7, 11) is 0. The van der Waals surface area contributed by atoms with E-state index in [2.05, 4.69) is 70.7 Å². The van der Waals surface area contributed by atoms with Gasteiger partial charge in [0.15, 0.2) is 0 Å². The number of carbonyl (C=O) groups is 1. The van der Waals surface area contributed by atoms with E-state index in [4.69, 9.17) is 0 Å². The second kappa shape index (κ2) is 7.63. The highest BCUT2D eigenvalue weighted by atomic mass is 16.2. The number of hydrogen-bond donors (Lipinski definition) is 0. The van der Waals surface area contributed by atoms with Crippen molar-refractivity contribution < 1.29 is 4.79 Å². The van der Waals surface area contributed by atoms with Crippen molar-refractivity contribution in [2.75, 3.05) is 0 Å². The zero-order valence-electron chi connectivity index (χ0n) is 14.6. The molecule has 21 heavy (non-hydrogen) atoms. The molecule has 0 aliphatic heterocycles. The Morgan fingerprint density at radius 2 is 1.95 bits per heavy atom. The smallest absolute Gasteiger partial charge is 0.223 e. The summed E-state index contributed by atoms with van der Waals surface area (Å²) < 4.78 is 0. The lowest BCUT2D eigenvalue weighted by Gasteiger charge is -2.32. The van der Waals surface area contributed by atoms with Gasteiger partial charge in [-0.25, -0.2) is 0 Å². The lowest BCUT2D eigenvalue weighted by Crippen LogP contribution is -2.39. The van der Waals surface area contributed by atoms with Crippen LogP contribution >= 0.6 is 0 Å². The maximum absolute atomic E-state index is 12.7. The first-order chi connectivity index (χ1) is 9.73. The van der Waals surface area contributed by atoms with Crippen LogP contribution in [-0.2, 0) is 11.3 Å². The third-order valence-corrected chi connectivity index (χ3v) is 3.68. The van der Waals surface area contributed by atoms with Crippen LogP contribution in [0.5, 0.6) is 0 Å². The van der Waals surface area contributed by atoms with Gasteiger partial charge in [-0.05, 0) is 31.2 Å². The molecule has 0 aliphatic carbocycles. The van der Waals surface area contributed by atoms with E-state index in [-0.39, 0.29) is 11.3 Å². The zero-order chi connectivity index (χ0) is 16.0. The van der Waals surface area contributed by atoms with Gasteiger partial charge >= 0.3 is 0 Å². The predicted octanol–water partition coefficient (Wildman–Crippen LogP) is 4.95. The second-order valence-corrected chi connectivity index (χ2v) is 7.39. The van der Waals surface area contributed by atoms with E-state index < -0.39 is 0 Å². The first-order valence-corrected chi connectivity index (χ1v) is 8.08. The molecule has 0 N–H and O–H groups in total.